The number of nitrogens with one attached hydrogen (secondary N) is 2. The summed E-state index contributed by atoms with van der Waals surface area (Å²) in [5.74, 6) is 2.42. The molecule has 1 aliphatic carbocycles. The van der Waals surface area contributed by atoms with Crippen LogP contribution >= 0.6 is 0 Å². The lowest BCUT2D eigenvalue weighted by atomic mass is 9.76. The summed E-state index contributed by atoms with van der Waals surface area (Å²) in [6.07, 6.45) is 12.7. The van der Waals surface area contributed by atoms with Gasteiger partial charge in [0.05, 0.1) is 5.69 Å². The number of para-hydroxylation sites is 3. The molecule has 7 heteroatoms. The molecule has 4 heterocycles. The standard InChI is InChI=1S/C23H24N2O.C19H22N4/c1-17(25-20-14-19(15-20)18-8-7-13-24-16-18)22-11-5-6-12-23(22)26-21-9-3-2-4-10-21;1-22-11-6-8-17(16-7-2-3-9-18(16)22)20-13-15-14-23-12-5-4-10-19(23)21-15/h2-13,16-17,19-20,25H,14-15H2,1H3;2-5,7,9-10,12,14,17,20H,6,8,11,13H2,1H3. The summed E-state index contributed by atoms with van der Waals surface area (Å²) in [6.45, 7) is 4.12. The molecular formula is C42H46N6O. The largest absolute Gasteiger partial charge is 0.457 e. The van der Waals surface area contributed by atoms with Gasteiger partial charge < -0.3 is 24.7 Å². The fourth-order valence-corrected chi connectivity index (χ4v) is 7.08. The minimum Gasteiger partial charge on any atom is -0.457 e. The molecule has 250 valence electrons. The molecule has 0 spiro atoms. The third-order valence-electron chi connectivity index (χ3n) is 9.79. The highest BCUT2D eigenvalue weighted by molar-refractivity contribution is 5.55. The molecule has 8 rings (SSSR count). The van der Waals surface area contributed by atoms with Gasteiger partial charge in [0, 0.05) is 74.3 Å². The summed E-state index contributed by atoms with van der Waals surface area (Å²) < 4.78 is 8.18. The Labute approximate surface area is 290 Å². The van der Waals surface area contributed by atoms with E-state index in [4.69, 9.17) is 4.74 Å². The number of rotatable bonds is 9. The molecule has 6 aromatic rings. The van der Waals surface area contributed by atoms with Crippen molar-refractivity contribution in [2.24, 2.45) is 0 Å². The van der Waals surface area contributed by atoms with Gasteiger partial charge in [-0.05, 0) is 92.1 Å². The van der Waals surface area contributed by atoms with Crippen LogP contribution in [0.25, 0.3) is 5.65 Å². The number of hydrogen-bond acceptors (Lipinski definition) is 6. The van der Waals surface area contributed by atoms with Crippen molar-refractivity contribution in [3.05, 3.63) is 156 Å². The third-order valence-corrected chi connectivity index (χ3v) is 9.79. The van der Waals surface area contributed by atoms with Gasteiger partial charge in [-0.15, -0.1) is 0 Å². The quantitative estimate of drug-likeness (QED) is 0.163. The van der Waals surface area contributed by atoms with E-state index < -0.39 is 0 Å². The number of hydrogen-bond donors (Lipinski definition) is 2. The zero-order valence-electron chi connectivity index (χ0n) is 28.5. The Morgan fingerprint density at radius 2 is 1.67 bits per heavy atom. The van der Waals surface area contributed by atoms with Crippen molar-refractivity contribution in [2.75, 3.05) is 18.5 Å². The average molecular weight is 651 g/mol. The van der Waals surface area contributed by atoms with Crippen LogP contribution in [-0.4, -0.2) is 34.0 Å². The summed E-state index contributed by atoms with van der Waals surface area (Å²) in [4.78, 5) is 11.3. The van der Waals surface area contributed by atoms with E-state index in [1.807, 2.05) is 85.3 Å². The summed E-state index contributed by atoms with van der Waals surface area (Å²) in [5.41, 5.74) is 7.39. The minimum atomic E-state index is 0.245. The highest BCUT2D eigenvalue weighted by Gasteiger charge is 2.31. The van der Waals surface area contributed by atoms with Crippen molar-refractivity contribution in [3.63, 3.8) is 0 Å². The Kier molecular flexibility index (Phi) is 10.3. The summed E-state index contributed by atoms with van der Waals surface area (Å²) in [7, 11) is 2.18. The SMILES string of the molecule is CC(NC1CC(c2cccnc2)C1)c1ccccc1Oc1ccccc1.CN1CCCC(NCc2cn3ccccc3n2)c2ccccc21. The van der Waals surface area contributed by atoms with Gasteiger partial charge in [-0.2, -0.15) is 0 Å². The maximum atomic E-state index is 6.11. The second kappa shape index (κ2) is 15.5. The lowest BCUT2D eigenvalue weighted by Gasteiger charge is -2.38. The zero-order valence-corrected chi connectivity index (χ0v) is 28.5. The summed E-state index contributed by atoms with van der Waals surface area (Å²) >= 11 is 0. The molecule has 1 aliphatic heterocycles. The molecule has 2 aliphatic rings. The number of benzene rings is 3. The van der Waals surface area contributed by atoms with Crippen molar-refractivity contribution in [1.82, 2.24) is 25.0 Å². The van der Waals surface area contributed by atoms with Gasteiger partial charge >= 0.3 is 0 Å². The van der Waals surface area contributed by atoms with Crippen LogP contribution in [-0.2, 0) is 6.54 Å². The fourth-order valence-electron chi connectivity index (χ4n) is 7.08. The molecule has 1 fully saturated rings. The van der Waals surface area contributed by atoms with E-state index in [9.17, 15) is 0 Å². The second-order valence-corrected chi connectivity index (χ2v) is 13.2. The van der Waals surface area contributed by atoms with Gasteiger partial charge in [-0.3, -0.25) is 4.98 Å². The minimum absolute atomic E-state index is 0.245. The zero-order chi connectivity index (χ0) is 33.4. The van der Waals surface area contributed by atoms with Crippen LogP contribution in [0.1, 0.15) is 73.0 Å². The van der Waals surface area contributed by atoms with E-state index in [-0.39, 0.29) is 6.04 Å². The molecule has 0 radical (unpaired) electrons. The van der Waals surface area contributed by atoms with Crippen LogP contribution in [0.2, 0.25) is 0 Å². The highest BCUT2D eigenvalue weighted by atomic mass is 16.5. The first-order valence-corrected chi connectivity index (χ1v) is 17.5. The predicted octanol–water partition coefficient (Wildman–Crippen LogP) is 8.87. The Hall–Kier alpha value is -4.98. The maximum absolute atomic E-state index is 6.11. The lowest BCUT2D eigenvalue weighted by Crippen LogP contribution is -2.41. The van der Waals surface area contributed by atoms with Crippen molar-refractivity contribution < 1.29 is 4.74 Å². The first kappa shape index (κ1) is 32.6. The smallest absolute Gasteiger partial charge is 0.137 e. The lowest BCUT2D eigenvalue weighted by molar-refractivity contribution is 0.269. The molecule has 0 amide bonds. The van der Waals surface area contributed by atoms with Crippen LogP contribution in [0.15, 0.2) is 134 Å². The molecule has 7 nitrogen and oxygen atoms in total. The first-order valence-electron chi connectivity index (χ1n) is 17.5. The molecule has 0 bridgehead atoms. The molecule has 3 aromatic carbocycles. The van der Waals surface area contributed by atoms with Crippen molar-refractivity contribution in [1.29, 1.82) is 0 Å². The van der Waals surface area contributed by atoms with E-state index in [1.165, 1.54) is 28.8 Å². The Morgan fingerprint density at radius 1 is 0.878 bits per heavy atom. The van der Waals surface area contributed by atoms with Crippen LogP contribution < -0.4 is 20.3 Å². The fraction of sp³-hybridized carbons (Fsp3) is 0.286. The van der Waals surface area contributed by atoms with Gasteiger partial charge in [0.15, 0.2) is 0 Å². The topological polar surface area (TPSA) is 66.7 Å². The molecule has 2 atom stereocenters. The van der Waals surface area contributed by atoms with E-state index in [0.29, 0.717) is 18.0 Å². The highest BCUT2D eigenvalue weighted by Crippen LogP contribution is 2.39. The third kappa shape index (κ3) is 8.02. The number of fused-ring (bicyclic) bond motifs is 2. The Morgan fingerprint density at radius 3 is 2.51 bits per heavy atom. The van der Waals surface area contributed by atoms with Gasteiger partial charge in [0.25, 0.3) is 0 Å². The Bertz CT molecular complexity index is 1890. The monoisotopic (exact) mass is 650 g/mol. The number of anilines is 1. The van der Waals surface area contributed by atoms with E-state index in [2.05, 4.69) is 92.5 Å². The normalized spacial score (nSPS) is 19.1. The number of nitrogens with zero attached hydrogens (tertiary/aromatic N) is 4. The molecular weight excluding hydrogens is 605 g/mol. The van der Waals surface area contributed by atoms with Crippen LogP contribution in [0.3, 0.4) is 0 Å². The first-order chi connectivity index (χ1) is 24.1. The number of aromatic nitrogens is 3. The predicted molar refractivity (Wildman–Crippen MR) is 198 cm³/mol. The molecule has 3 aromatic heterocycles. The van der Waals surface area contributed by atoms with Crippen molar-refractivity contribution >= 4 is 11.3 Å². The van der Waals surface area contributed by atoms with Crippen LogP contribution in [0.4, 0.5) is 5.69 Å². The summed E-state index contributed by atoms with van der Waals surface area (Å²) in [5, 5.41) is 7.47. The van der Waals surface area contributed by atoms with E-state index >= 15 is 0 Å². The molecule has 2 N–H and O–H groups in total. The van der Waals surface area contributed by atoms with Crippen LogP contribution in [0, 0.1) is 0 Å². The number of imidazole rings is 1. The molecule has 0 saturated heterocycles. The maximum Gasteiger partial charge on any atom is 0.137 e. The number of pyridine rings is 2. The molecule has 2 unspecified atom stereocenters. The van der Waals surface area contributed by atoms with Gasteiger partial charge in [-0.25, -0.2) is 4.98 Å². The Balaban J connectivity index is 0.000000155. The van der Waals surface area contributed by atoms with Gasteiger partial charge in [-0.1, -0.05) is 66.7 Å². The molecule has 49 heavy (non-hydrogen) atoms. The van der Waals surface area contributed by atoms with Crippen LogP contribution in [0.5, 0.6) is 11.5 Å². The van der Waals surface area contributed by atoms with E-state index in [1.54, 1.807) is 0 Å². The van der Waals surface area contributed by atoms with Gasteiger partial charge in [0.2, 0.25) is 0 Å². The second-order valence-electron chi connectivity index (χ2n) is 13.2. The van der Waals surface area contributed by atoms with Gasteiger partial charge in [0.1, 0.15) is 17.1 Å². The summed E-state index contributed by atoms with van der Waals surface area (Å²) in [6, 6.07) is 38.5. The van der Waals surface area contributed by atoms with Crippen molar-refractivity contribution in [3.8, 4) is 11.5 Å². The average Bonchev–Trinajstić information content (AvgIpc) is 3.48. The molecule has 1 saturated carbocycles. The number of ether oxygens (including phenoxy) is 1. The van der Waals surface area contributed by atoms with E-state index in [0.717, 1.165) is 55.2 Å². The van der Waals surface area contributed by atoms with Crippen molar-refractivity contribution in [2.45, 2.75) is 63.2 Å².